The molecule has 4 nitrogen and oxygen atoms in total. The quantitative estimate of drug-likeness (QED) is 0.614. The van der Waals surface area contributed by atoms with Gasteiger partial charge in [0.05, 0.1) is 16.4 Å². The first-order chi connectivity index (χ1) is 11.2. The van der Waals surface area contributed by atoms with Crippen LogP contribution in [0.4, 0.5) is 0 Å². The maximum atomic E-state index is 4.67. The summed E-state index contributed by atoms with van der Waals surface area (Å²) < 4.78 is 2.05. The second-order valence-corrected chi connectivity index (χ2v) is 7.43. The van der Waals surface area contributed by atoms with Crippen LogP contribution in [0.25, 0.3) is 5.69 Å². The van der Waals surface area contributed by atoms with Gasteiger partial charge in [-0.15, -0.1) is 21.5 Å². The zero-order valence-electron chi connectivity index (χ0n) is 13.6. The van der Waals surface area contributed by atoms with Crippen LogP contribution in [0, 0.1) is 13.8 Å². The molecule has 0 N–H and O–H groups in total. The van der Waals surface area contributed by atoms with Crippen molar-refractivity contribution in [2.24, 2.45) is 0 Å². The predicted molar refractivity (Wildman–Crippen MR) is 96.5 cm³/mol. The van der Waals surface area contributed by atoms with Gasteiger partial charge in [0.2, 0.25) is 0 Å². The number of rotatable bonds is 6. The lowest BCUT2D eigenvalue weighted by Crippen LogP contribution is -1.98. The Hall–Kier alpha value is -1.66. The number of aryl methyl sites for hydroxylation is 3. The van der Waals surface area contributed by atoms with Crippen LogP contribution in [0.15, 0.2) is 35.1 Å². The van der Waals surface area contributed by atoms with E-state index in [2.05, 4.69) is 64.1 Å². The van der Waals surface area contributed by atoms with Crippen LogP contribution in [0.3, 0.4) is 0 Å². The van der Waals surface area contributed by atoms with Gasteiger partial charge in [-0.2, -0.15) is 0 Å². The highest BCUT2D eigenvalue weighted by Crippen LogP contribution is 2.26. The maximum Gasteiger partial charge on any atom is 0.196 e. The third-order valence-electron chi connectivity index (χ3n) is 3.54. The van der Waals surface area contributed by atoms with E-state index in [1.54, 1.807) is 29.4 Å². The molecule has 0 saturated carbocycles. The van der Waals surface area contributed by atoms with Crippen molar-refractivity contribution >= 4 is 23.1 Å². The molecule has 1 aromatic carbocycles. The summed E-state index contributed by atoms with van der Waals surface area (Å²) in [5.74, 6) is 0.823. The van der Waals surface area contributed by atoms with Gasteiger partial charge >= 0.3 is 0 Å². The number of nitrogens with zero attached hydrogens (tertiary/aromatic N) is 4. The van der Waals surface area contributed by atoms with E-state index in [0.717, 1.165) is 35.1 Å². The standard InChI is InChI=1S/C17H20N4S2/c1-4-5-16-19-14(9-22-16)10-23-17-20-18-11-21(17)15-7-6-12(2)8-13(15)3/h6-9,11H,4-5,10H2,1-3H3. The normalized spacial score (nSPS) is 11.1. The molecule has 0 bridgehead atoms. The largest absolute Gasteiger partial charge is 0.276 e. The maximum absolute atomic E-state index is 4.67. The lowest BCUT2D eigenvalue weighted by atomic mass is 10.1. The Morgan fingerprint density at radius 1 is 1.26 bits per heavy atom. The molecule has 3 rings (SSSR count). The second kappa shape index (κ2) is 7.27. The van der Waals surface area contributed by atoms with Crippen LogP contribution >= 0.6 is 23.1 Å². The molecule has 6 heteroatoms. The summed E-state index contributed by atoms with van der Waals surface area (Å²) in [6.07, 6.45) is 3.98. The minimum Gasteiger partial charge on any atom is -0.276 e. The summed E-state index contributed by atoms with van der Waals surface area (Å²) >= 11 is 3.43. The molecule has 0 unspecified atom stereocenters. The summed E-state index contributed by atoms with van der Waals surface area (Å²) in [5.41, 5.74) is 4.75. The monoisotopic (exact) mass is 344 g/mol. The average Bonchev–Trinajstić information content (AvgIpc) is 3.15. The molecule has 0 saturated heterocycles. The molecule has 120 valence electrons. The summed E-state index contributed by atoms with van der Waals surface area (Å²) in [6.45, 7) is 6.41. The second-order valence-electron chi connectivity index (χ2n) is 5.54. The lowest BCUT2D eigenvalue weighted by molar-refractivity contribution is 0.875. The predicted octanol–water partition coefficient (Wildman–Crippen LogP) is 4.59. The van der Waals surface area contributed by atoms with Gasteiger partial charge in [-0.1, -0.05) is 36.4 Å². The van der Waals surface area contributed by atoms with Crippen LogP contribution < -0.4 is 0 Å². The smallest absolute Gasteiger partial charge is 0.196 e. The zero-order valence-corrected chi connectivity index (χ0v) is 15.2. The van der Waals surface area contributed by atoms with E-state index in [-0.39, 0.29) is 0 Å². The summed E-state index contributed by atoms with van der Waals surface area (Å²) in [7, 11) is 0. The number of thiazole rings is 1. The Morgan fingerprint density at radius 3 is 2.91 bits per heavy atom. The van der Waals surface area contributed by atoms with E-state index >= 15 is 0 Å². The average molecular weight is 345 g/mol. The van der Waals surface area contributed by atoms with Crippen LogP contribution in [0.5, 0.6) is 0 Å². The molecule has 3 aromatic rings. The molecule has 2 aromatic heterocycles. The fraction of sp³-hybridized carbons (Fsp3) is 0.353. The minimum absolute atomic E-state index is 0.823. The van der Waals surface area contributed by atoms with E-state index in [9.17, 15) is 0 Å². The van der Waals surface area contributed by atoms with Crippen molar-refractivity contribution in [2.75, 3.05) is 0 Å². The van der Waals surface area contributed by atoms with Crippen molar-refractivity contribution in [3.8, 4) is 5.69 Å². The van der Waals surface area contributed by atoms with Crippen LogP contribution in [-0.2, 0) is 12.2 Å². The molecule has 0 aliphatic carbocycles. The highest BCUT2D eigenvalue weighted by atomic mass is 32.2. The number of benzene rings is 1. The van der Waals surface area contributed by atoms with Crippen molar-refractivity contribution in [1.29, 1.82) is 0 Å². The van der Waals surface area contributed by atoms with Crippen molar-refractivity contribution in [3.05, 3.63) is 51.7 Å². The summed E-state index contributed by atoms with van der Waals surface area (Å²) in [6, 6.07) is 6.43. The first-order valence-corrected chi connectivity index (χ1v) is 9.57. The molecule has 0 radical (unpaired) electrons. The van der Waals surface area contributed by atoms with Gasteiger partial charge in [0.25, 0.3) is 0 Å². The highest BCUT2D eigenvalue weighted by molar-refractivity contribution is 7.98. The zero-order chi connectivity index (χ0) is 16.2. The Kier molecular flexibility index (Phi) is 5.13. The molecule has 0 fully saturated rings. The minimum atomic E-state index is 0.823. The van der Waals surface area contributed by atoms with Gasteiger partial charge in [-0.05, 0) is 38.3 Å². The van der Waals surface area contributed by atoms with E-state index in [1.165, 1.54) is 16.1 Å². The summed E-state index contributed by atoms with van der Waals surface area (Å²) in [5, 5.41) is 12.6. The Balaban J connectivity index is 1.75. The Labute approximate surface area is 145 Å². The van der Waals surface area contributed by atoms with Crippen molar-refractivity contribution in [1.82, 2.24) is 19.7 Å². The highest BCUT2D eigenvalue weighted by Gasteiger charge is 2.11. The number of aromatic nitrogens is 4. The molecular formula is C17H20N4S2. The third-order valence-corrected chi connectivity index (χ3v) is 5.47. The van der Waals surface area contributed by atoms with Crippen molar-refractivity contribution in [2.45, 2.75) is 44.5 Å². The van der Waals surface area contributed by atoms with Gasteiger partial charge < -0.3 is 0 Å². The fourth-order valence-corrected chi connectivity index (χ4v) is 4.27. The van der Waals surface area contributed by atoms with Gasteiger partial charge in [0.1, 0.15) is 6.33 Å². The van der Waals surface area contributed by atoms with E-state index in [4.69, 9.17) is 0 Å². The van der Waals surface area contributed by atoms with Crippen molar-refractivity contribution < 1.29 is 0 Å². The number of hydrogen-bond acceptors (Lipinski definition) is 5. The summed E-state index contributed by atoms with van der Waals surface area (Å²) in [4.78, 5) is 4.67. The first-order valence-electron chi connectivity index (χ1n) is 7.71. The molecule has 0 atom stereocenters. The topological polar surface area (TPSA) is 43.6 Å². The molecule has 2 heterocycles. The fourth-order valence-electron chi connectivity index (χ4n) is 2.45. The SMILES string of the molecule is CCCc1nc(CSc2nncn2-c2ccc(C)cc2C)cs1. The molecule has 0 spiro atoms. The molecular weight excluding hydrogens is 324 g/mol. The molecule has 23 heavy (non-hydrogen) atoms. The van der Waals surface area contributed by atoms with Crippen LogP contribution in [0.1, 0.15) is 35.2 Å². The molecule has 0 aliphatic rings. The number of hydrogen-bond donors (Lipinski definition) is 0. The first kappa shape index (κ1) is 16.2. The van der Waals surface area contributed by atoms with Gasteiger partial charge in [0.15, 0.2) is 5.16 Å². The van der Waals surface area contributed by atoms with Gasteiger partial charge in [-0.25, -0.2) is 4.98 Å². The van der Waals surface area contributed by atoms with E-state index in [1.807, 2.05) is 0 Å². The van der Waals surface area contributed by atoms with E-state index in [0.29, 0.717) is 0 Å². The van der Waals surface area contributed by atoms with Crippen molar-refractivity contribution in [3.63, 3.8) is 0 Å². The number of thioether (sulfide) groups is 1. The van der Waals surface area contributed by atoms with Gasteiger partial charge in [-0.3, -0.25) is 4.57 Å². The van der Waals surface area contributed by atoms with Crippen LogP contribution in [0.2, 0.25) is 0 Å². The van der Waals surface area contributed by atoms with Crippen LogP contribution in [-0.4, -0.2) is 19.7 Å². The Bertz CT molecular complexity index is 791. The van der Waals surface area contributed by atoms with Gasteiger partial charge in [0, 0.05) is 11.1 Å². The third kappa shape index (κ3) is 3.82. The molecule has 0 aliphatic heterocycles. The lowest BCUT2D eigenvalue weighted by Gasteiger charge is -2.09. The van der Waals surface area contributed by atoms with E-state index < -0.39 is 0 Å². The molecule has 0 amide bonds. The Morgan fingerprint density at radius 2 is 2.13 bits per heavy atom.